The van der Waals surface area contributed by atoms with Gasteiger partial charge in [0.1, 0.15) is 12.2 Å². The average Bonchev–Trinajstić information content (AvgIpc) is 2.95. The van der Waals surface area contributed by atoms with E-state index in [0.717, 1.165) is 10.6 Å². The number of phosphoric acid groups is 1. The van der Waals surface area contributed by atoms with Crippen molar-refractivity contribution in [2.24, 2.45) is 5.73 Å². The summed E-state index contributed by atoms with van der Waals surface area (Å²) in [6.07, 6.45) is -2.59. The molecule has 2 saturated heterocycles. The molecule has 180 valence electrons. The van der Waals surface area contributed by atoms with Crippen LogP contribution in [0, 0.1) is 0 Å². The Balaban J connectivity index is 1.68. The summed E-state index contributed by atoms with van der Waals surface area (Å²) >= 11 is 0. The molecule has 6 atom stereocenters. The summed E-state index contributed by atoms with van der Waals surface area (Å²) in [7, 11) is -2.70. The van der Waals surface area contributed by atoms with Crippen LogP contribution in [-0.2, 0) is 37.1 Å². The van der Waals surface area contributed by atoms with Crippen LogP contribution in [0.2, 0.25) is 0 Å². The topological polar surface area (TPSA) is 170 Å². The van der Waals surface area contributed by atoms with Gasteiger partial charge in [-0.05, 0) is 20.8 Å². The van der Waals surface area contributed by atoms with E-state index >= 15 is 0 Å². The van der Waals surface area contributed by atoms with E-state index in [0.29, 0.717) is 0 Å². The van der Waals surface area contributed by atoms with Crippen molar-refractivity contribution in [1.82, 2.24) is 9.55 Å². The fourth-order valence-corrected chi connectivity index (χ4v) is 5.01. The highest BCUT2D eigenvalue weighted by atomic mass is 31.2. The lowest BCUT2D eigenvalue weighted by atomic mass is 9.93. The summed E-state index contributed by atoms with van der Waals surface area (Å²) in [5, 5.41) is 0. The van der Waals surface area contributed by atoms with Crippen molar-refractivity contribution in [3.05, 3.63) is 33.1 Å². The molecule has 0 amide bonds. The van der Waals surface area contributed by atoms with Gasteiger partial charge < -0.3 is 19.9 Å². The zero-order valence-corrected chi connectivity index (χ0v) is 19.1. The Morgan fingerprint density at radius 2 is 2.16 bits per heavy atom. The molecule has 0 saturated carbocycles. The number of rotatable bonds is 8. The molecule has 1 aromatic heterocycles. The molecule has 0 spiro atoms. The number of carbonyl (C=O) groups excluding carboxylic acids is 1. The second-order valence-electron chi connectivity index (χ2n) is 8.08. The molecule has 3 N–H and O–H groups in total. The number of carbonyl (C=O) groups is 1. The van der Waals surface area contributed by atoms with E-state index in [1.807, 2.05) is 0 Å². The second-order valence-corrected chi connectivity index (χ2v) is 9.70. The zero-order chi connectivity index (χ0) is 23.7. The summed E-state index contributed by atoms with van der Waals surface area (Å²) in [6.45, 7) is 4.57. The number of methoxy groups -OCH3 is 1. The molecule has 0 bridgehead atoms. The lowest BCUT2D eigenvalue weighted by molar-refractivity contribution is -0.151. The van der Waals surface area contributed by atoms with Gasteiger partial charge in [-0.15, -0.1) is 0 Å². The van der Waals surface area contributed by atoms with Gasteiger partial charge in [-0.3, -0.25) is 32.7 Å². The monoisotopic (exact) mass is 477 g/mol. The van der Waals surface area contributed by atoms with Crippen LogP contribution in [0.4, 0.5) is 0 Å². The summed E-state index contributed by atoms with van der Waals surface area (Å²) < 4.78 is 46.5. The van der Waals surface area contributed by atoms with Crippen molar-refractivity contribution in [1.29, 1.82) is 0 Å². The molecule has 3 heterocycles. The lowest BCUT2D eigenvalue weighted by Crippen LogP contribution is -2.55. The lowest BCUT2D eigenvalue weighted by Gasteiger charge is -2.36. The summed E-state index contributed by atoms with van der Waals surface area (Å²) in [5.74, 6) is -0.493. The highest BCUT2D eigenvalue weighted by molar-refractivity contribution is 7.48. The number of hydrogen-bond acceptors (Lipinski definition) is 11. The number of fused-ring (bicyclic) bond motifs is 1. The fourth-order valence-electron chi connectivity index (χ4n) is 3.49. The van der Waals surface area contributed by atoms with Gasteiger partial charge in [-0.2, -0.15) is 0 Å². The first-order valence-corrected chi connectivity index (χ1v) is 11.5. The number of H-pyrrole nitrogens is 1. The fraction of sp³-hybridized carbons (Fsp3) is 0.722. The Hall–Kier alpha value is -1.86. The molecule has 0 aromatic carbocycles. The Morgan fingerprint density at radius 1 is 1.44 bits per heavy atom. The molecular weight excluding hydrogens is 449 g/mol. The maximum atomic E-state index is 13.0. The van der Waals surface area contributed by atoms with Gasteiger partial charge in [0.2, 0.25) is 0 Å². The Bertz CT molecular complexity index is 990. The molecule has 1 aromatic rings. The third-order valence-electron chi connectivity index (χ3n) is 5.04. The van der Waals surface area contributed by atoms with E-state index in [1.54, 1.807) is 20.8 Å². The molecule has 3 rings (SSSR count). The van der Waals surface area contributed by atoms with Crippen LogP contribution in [0.25, 0.3) is 0 Å². The van der Waals surface area contributed by atoms with Crippen molar-refractivity contribution >= 4 is 13.8 Å². The van der Waals surface area contributed by atoms with E-state index < -0.39 is 55.1 Å². The maximum Gasteiger partial charge on any atom is 0.475 e. The first kappa shape index (κ1) is 24.8. The van der Waals surface area contributed by atoms with Gasteiger partial charge in [-0.25, -0.2) is 9.36 Å². The van der Waals surface area contributed by atoms with Crippen molar-refractivity contribution in [3.8, 4) is 0 Å². The van der Waals surface area contributed by atoms with Gasteiger partial charge in [0, 0.05) is 19.4 Å². The highest BCUT2D eigenvalue weighted by Crippen LogP contribution is 2.58. The van der Waals surface area contributed by atoms with Crippen LogP contribution in [0.15, 0.2) is 21.9 Å². The third kappa shape index (κ3) is 5.37. The number of aromatic nitrogens is 2. The minimum atomic E-state index is -4.08. The van der Waals surface area contributed by atoms with Crippen LogP contribution >= 0.6 is 7.82 Å². The molecule has 2 aliphatic rings. The normalized spacial score (nSPS) is 33.1. The van der Waals surface area contributed by atoms with Gasteiger partial charge >= 0.3 is 19.5 Å². The Labute approximate surface area is 183 Å². The third-order valence-corrected chi connectivity index (χ3v) is 6.46. The van der Waals surface area contributed by atoms with Crippen molar-refractivity contribution in [2.45, 2.75) is 63.4 Å². The summed E-state index contributed by atoms with van der Waals surface area (Å²) in [4.78, 5) is 37.5. The SMILES string of the molecule is CO[C@H](CO[P@@]1(=O)OC[C@H]2O[C@@H](n3ccc(=O)[nH]c3=O)[C@](C)(N)[C@@H]2O1)CC(=O)OC(C)C. The molecule has 2 aliphatic heterocycles. The standard InChI is InChI=1S/C18H28N3O10P/c1-10(2)29-14(23)7-11(26-4)8-27-32(25)28-9-12-15(31-32)18(3,19)16(30-12)21-6-5-13(22)20-17(21)24/h5-6,10-12,15-16H,7-9,19H2,1-4H3,(H,20,22,24)/t11-,12+,15+,16+,18+,32-/m0/s1. The van der Waals surface area contributed by atoms with Gasteiger partial charge in [0.05, 0.1) is 37.4 Å². The van der Waals surface area contributed by atoms with Crippen molar-refractivity contribution in [3.63, 3.8) is 0 Å². The van der Waals surface area contributed by atoms with Crippen molar-refractivity contribution in [2.75, 3.05) is 20.3 Å². The maximum absolute atomic E-state index is 13.0. The zero-order valence-electron chi connectivity index (χ0n) is 18.2. The number of hydrogen-bond donors (Lipinski definition) is 2. The van der Waals surface area contributed by atoms with Crippen LogP contribution in [0.5, 0.6) is 0 Å². The quantitative estimate of drug-likeness (QED) is 0.383. The Kier molecular flexibility index (Phi) is 7.40. The summed E-state index contributed by atoms with van der Waals surface area (Å²) in [6, 6.07) is 1.16. The highest BCUT2D eigenvalue weighted by Gasteiger charge is 2.59. The van der Waals surface area contributed by atoms with Gasteiger partial charge in [0.25, 0.3) is 5.56 Å². The minimum Gasteiger partial charge on any atom is -0.463 e. The molecule has 32 heavy (non-hydrogen) atoms. The van der Waals surface area contributed by atoms with Crippen LogP contribution in [0.1, 0.15) is 33.4 Å². The number of nitrogens with one attached hydrogen (secondary N) is 1. The van der Waals surface area contributed by atoms with E-state index in [4.69, 9.17) is 33.5 Å². The predicted octanol–water partition coefficient (Wildman–Crippen LogP) is 0.0482. The molecule has 13 nitrogen and oxygen atoms in total. The first-order chi connectivity index (χ1) is 14.9. The molecule has 2 fully saturated rings. The number of aromatic amines is 1. The number of phosphoric ester groups is 1. The average molecular weight is 477 g/mol. The largest absolute Gasteiger partial charge is 0.475 e. The van der Waals surface area contributed by atoms with Crippen molar-refractivity contribution < 1.29 is 37.1 Å². The van der Waals surface area contributed by atoms with E-state index in [9.17, 15) is 18.9 Å². The molecule has 0 unspecified atom stereocenters. The van der Waals surface area contributed by atoms with Gasteiger partial charge in [0.15, 0.2) is 6.23 Å². The van der Waals surface area contributed by atoms with Gasteiger partial charge in [-0.1, -0.05) is 0 Å². The second kappa shape index (κ2) is 9.56. The van der Waals surface area contributed by atoms with E-state index in [1.165, 1.54) is 13.3 Å². The number of esters is 1. The number of nitrogens with zero attached hydrogens (tertiary/aromatic N) is 1. The van der Waals surface area contributed by atoms with E-state index in [-0.39, 0.29) is 25.7 Å². The smallest absolute Gasteiger partial charge is 0.463 e. The molecular formula is C18H28N3O10P. The molecule has 14 heteroatoms. The van der Waals surface area contributed by atoms with Crippen LogP contribution in [0.3, 0.4) is 0 Å². The number of nitrogens with two attached hydrogens (primary N) is 1. The van der Waals surface area contributed by atoms with Crippen LogP contribution in [-0.4, -0.2) is 65.8 Å². The van der Waals surface area contributed by atoms with Crippen LogP contribution < -0.4 is 17.0 Å². The number of ether oxygens (including phenoxy) is 3. The van der Waals surface area contributed by atoms with E-state index in [2.05, 4.69) is 4.98 Å². The predicted molar refractivity (Wildman–Crippen MR) is 109 cm³/mol. The Morgan fingerprint density at radius 3 is 2.78 bits per heavy atom. The molecule has 0 radical (unpaired) electrons. The molecule has 0 aliphatic carbocycles. The summed E-state index contributed by atoms with van der Waals surface area (Å²) in [5.41, 5.74) is 3.81. The first-order valence-electron chi connectivity index (χ1n) is 10.0. The minimum absolute atomic E-state index is 0.115.